The van der Waals surface area contributed by atoms with Crippen LogP contribution in [0, 0.1) is 17.8 Å². The van der Waals surface area contributed by atoms with Gasteiger partial charge in [-0.3, -0.25) is 0 Å². The first-order valence-electron chi connectivity index (χ1n) is 5.47. The summed E-state index contributed by atoms with van der Waals surface area (Å²) < 4.78 is 0. The molecule has 0 rings (SSSR count). The first kappa shape index (κ1) is 13.5. The van der Waals surface area contributed by atoms with Crippen molar-refractivity contribution >= 4 is 0 Å². The molecule has 0 bridgehead atoms. The normalized spacial score (nSPS) is 16.6. The summed E-state index contributed by atoms with van der Waals surface area (Å²) >= 11 is 0. The number of hydrogen-bond donors (Lipinski definition) is 2. The van der Waals surface area contributed by atoms with E-state index in [0.29, 0.717) is 18.8 Å². The zero-order chi connectivity index (χ0) is 11.0. The van der Waals surface area contributed by atoms with Crippen molar-refractivity contribution in [3.63, 3.8) is 0 Å². The molecule has 0 saturated carbocycles. The SMILES string of the molecule is CCCC(O)C#CC(O)CC(C)CC. The third-order valence-electron chi connectivity index (χ3n) is 2.30. The molecule has 0 aliphatic heterocycles. The Labute approximate surface area is 87.3 Å². The second-order valence-electron chi connectivity index (χ2n) is 3.86. The van der Waals surface area contributed by atoms with Crippen LogP contribution in [-0.2, 0) is 0 Å². The van der Waals surface area contributed by atoms with Crippen molar-refractivity contribution in [1.82, 2.24) is 0 Å². The molecule has 82 valence electrons. The molecule has 2 nitrogen and oxygen atoms in total. The van der Waals surface area contributed by atoms with E-state index in [1.54, 1.807) is 0 Å². The predicted molar refractivity (Wildman–Crippen MR) is 58.8 cm³/mol. The molecular weight excluding hydrogens is 176 g/mol. The number of aliphatic hydroxyl groups is 2. The maximum Gasteiger partial charge on any atom is 0.115 e. The Morgan fingerprint density at radius 1 is 1.07 bits per heavy atom. The Morgan fingerprint density at radius 3 is 2.14 bits per heavy atom. The van der Waals surface area contributed by atoms with Gasteiger partial charge < -0.3 is 10.2 Å². The molecular formula is C12H22O2. The molecule has 3 unspecified atom stereocenters. The molecule has 0 aromatic rings. The largest absolute Gasteiger partial charge is 0.380 e. The minimum absolute atomic E-state index is 0.489. The second-order valence-corrected chi connectivity index (χ2v) is 3.86. The Morgan fingerprint density at radius 2 is 1.64 bits per heavy atom. The van der Waals surface area contributed by atoms with Crippen molar-refractivity contribution in [2.75, 3.05) is 0 Å². The van der Waals surface area contributed by atoms with Crippen molar-refractivity contribution in [1.29, 1.82) is 0 Å². The van der Waals surface area contributed by atoms with Gasteiger partial charge in [0.15, 0.2) is 0 Å². The second kappa shape index (κ2) is 7.84. The van der Waals surface area contributed by atoms with Crippen LogP contribution >= 0.6 is 0 Å². The van der Waals surface area contributed by atoms with Crippen LogP contribution in [0.4, 0.5) is 0 Å². The first-order chi connectivity index (χ1) is 6.60. The van der Waals surface area contributed by atoms with Gasteiger partial charge in [-0.1, -0.05) is 45.5 Å². The Balaban J connectivity index is 3.84. The van der Waals surface area contributed by atoms with E-state index < -0.39 is 12.2 Å². The molecule has 0 fully saturated rings. The lowest BCUT2D eigenvalue weighted by Crippen LogP contribution is -2.10. The quantitative estimate of drug-likeness (QED) is 0.663. The van der Waals surface area contributed by atoms with Crippen molar-refractivity contribution < 1.29 is 10.2 Å². The minimum atomic E-state index is -0.587. The van der Waals surface area contributed by atoms with E-state index in [-0.39, 0.29) is 0 Å². The lowest BCUT2D eigenvalue weighted by atomic mass is 10.0. The van der Waals surface area contributed by atoms with E-state index in [2.05, 4.69) is 25.7 Å². The van der Waals surface area contributed by atoms with Gasteiger partial charge in [-0.2, -0.15) is 0 Å². The molecule has 2 heteroatoms. The highest BCUT2D eigenvalue weighted by Crippen LogP contribution is 2.09. The van der Waals surface area contributed by atoms with Crippen LogP contribution in [0.1, 0.15) is 46.5 Å². The van der Waals surface area contributed by atoms with Gasteiger partial charge in [0.2, 0.25) is 0 Å². The van der Waals surface area contributed by atoms with Crippen LogP contribution in [-0.4, -0.2) is 22.4 Å². The lowest BCUT2D eigenvalue weighted by Gasteiger charge is -2.09. The zero-order valence-electron chi connectivity index (χ0n) is 9.45. The average Bonchev–Trinajstić information content (AvgIpc) is 2.15. The third-order valence-corrected chi connectivity index (χ3v) is 2.30. The van der Waals surface area contributed by atoms with Crippen LogP contribution in [0.3, 0.4) is 0 Å². The highest BCUT2D eigenvalue weighted by Gasteiger charge is 2.05. The van der Waals surface area contributed by atoms with Gasteiger partial charge in [0.05, 0.1) is 0 Å². The summed E-state index contributed by atoms with van der Waals surface area (Å²) in [6, 6.07) is 0. The number of rotatable bonds is 5. The molecule has 0 aliphatic rings. The molecule has 0 spiro atoms. The Hall–Kier alpha value is -0.520. The maximum atomic E-state index is 9.48. The number of aliphatic hydroxyl groups excluding tert-OH is 2. The van der Waals surface area contributed by atoms with Crippen LogP contribution in [0.2, 0.25) is 0 Å². The summed E-state index contributed by atoms with van der Waals surface area (Å²) in [6.07, 6.45) is 2.18. The third kappa shape index (κ3) is 6.94. The smallest absolute Gasteiger partial charge is 0.115 e. The van der Waals surface area contributed by atoms with Gasteiger partial charge in [-0.25, -0.2) is 0 Å². The summed E-state index contributed by atoms with van der Waals surface area (Å²) in [6.45, 7) is 6.19. The van der Waals surface area contributed by atoms with Crippen LogP contribution in [0.25, 0.3) is 0 Å². The van der Waals surface area contributed by atoms with Crippen molar-refractivity contribution in [3.05, 3.63) is 0 Å². The minimum Gasteiger partial charge on any atom is -0.380 e. The first-order valence-corrected chi connectivity index (χ1v) is 5.47. The Bertz CT molecular complexity index is 190. The maximum absolute atomic E-state index is 9.48. The van der Waals surface area contributed by atoms with E-state index in [1.807, 2.05) is 6.92 Å². The van der Waals surface area contributed by atoms with E-state index in [9.17, 15) is 10.2 Å². The Kier molecular flexibility index (Phi) is 7.55. The van der Waals surface area contributed by atoms with E-state index in [4.69, 9.17) is 0 Å². The molecule has 0 amide bonds. The molecule has 2 N–H and O–H groups in total. The van der Waals surface area contributed by atoms with Crippen LogP contribution < -0.4 is 0 Å². The van der Waals surface area contributed by atoms with Gasteiger partial charge in [-0.05, 0) is 18.8 Å². The van der Waals surface area contributed by atoms with Gasteiger partial charge in [-0.15, -0.1) is 0 Å². The van der Waals surface area contributed by atoms with Crippen molar-refractivity contribution in [2.24, 2.45) is 5.92 Å². The van der Waals surface area contributed by atoms with Crippen LogP contribution in [0.15, 0.2) is 0 Å². The molecule has 0 radical (unpaired) electrons. The topological polar surface area (TPSA) is 40.5 Å². The average molecular weight is 198 g/mol. The zero-order valence-corrected chi connectivity index (χ0v) is 9.45. The van der Waals surface area contributed by atoms with Gasteiger partial charge >= 0.3 is 0 Å². The fourth-order valence-corrected chi connectivity index (χ4v) is 1.14. The fraction of sp³-hybridized carbons (Fsp3) is 0.833. The van der Waals surface area contributed by atoms with Crippen LogP contribution in [0.5, 0.6) is 0 Å². The molecule has 0 aliphatic carbocycles. The van der Waals surface area contributed by atoms with Crippen molar-refractivity contribution in [2.45, 2.75) is 58.7 Å². The highest BCUT2D eigenvalue weighted by atomic mass is 16.3. The monoisotopic (exact) mass is 198 g/mol. The summed E-state index contributed by atoms with van der Waals surface area (Å²) in [7, 11) is 0. The van der Waals surface area contributed by atoms with Gasteiger partial charge in [0.25, 0.3) is 0 Å². The summed E-state index contributed by atoms with van der Waals surface area (Å²) in [5.74, 6) is 5.84. The lowest BCUT2D eigenvalue weighted by molar-refractivity contribution is 0.194. The van der Waals surface area contributed by atoms with E-state index in [1.165, 1.54) is 0 Å². The molecule has 3 atom stereocenters. The summed E-state index contributed by atoms with van der Waals surface area (Å²) in [4.78, 5) is 0. The van der Waals surface area contributed by atoms with E-state index >= 15 is 0 Å². The highest BCUT2D eigenvalue weighted by molar-refractivity contribution is 5.08. The van der Waals surface area contributed by atoms with Gasteiger partial charge in [0.1, 0.15) is 12.2 Å². The molecule has 0 aromatic carbocycles. The molecule has 0 saturated heterocycles. The van der Waals surface area contributed by atoms with E-state index in [0.717, 1.165) is 12.8 Å². The standard InChI is InChI=1S/C12H22O2/c1-4-6-11(13)7-8-12(14)9-10(3)5-2/h10-14H,4-6,9H2,1-3H3. The summed E-state index contributed by atoms with van der Waals surface area (Å²) in [5, 5.41) is 18.8. The van der Waals surface area contributed by atoms with Gasteiger partial charge in [0, 0.05) is 0 Å². The molecule has 14 heavy (non-hydrogen) atoms. The van der Waals surface area contributed by atoms with Crippen molar-refractivity contribution in [3.8, 4) is 11.8 Å². The number of hydrogen-bond acceptors (Lipinski definition) is 2. The fourth-order valence-electron chi connectivity index (χ4n) is 1.14. The molecule has 0 heterocycles. The summed E-state index contributed by atoms with van der Waals surface area (Å²) in [5.41, 5.74) is 0. The molecule has 0 aromatic heterocycles. The predicted octanol–water partition coefficient (Wildman–Crippen LogP) is 1.95.